The van der Waals surface area contributed by atoms with E-state index in [9.17, 15) is 8.42 Å². The molecule has 0 radical (unpaired) electrons. The summed E-state index contributed by atoms with van der Waals surface area (Å²) in [6.45, 7) is 3.41. The fraction of sp³-hybridized carbons (Fsp3) is 0.286. The number of rotatable bonds is 1. The molecular formula is C7H10N2O2S. The molecule has 66 valence electrons. The zero-order chi connectivity index (χ0) is 9.35. The number of hydrogen-bond donors (Lipinski definition) is 1. The van der Waals surface area contributed by atoms with Gasteiger partial charge in [-0.25, -0.2) is 13.6 Å². The van der Waals surface area contributed by atoms with E-state index in [2.05, 4.69) is 4.98 Å². The summed E-state index contributed by atoms with van der Waals surface area (Å²) in [5, 5.41) is 4.94. The molecule has 4 nitrogen and oxygen atoms in total. The Labute approximate surface area is 71.5 Å². The molecule has 0 amide bonds. The SMILES string of the molecule is Cc1ccc(S(N)(=O)=O)c(C)n1. The van der Waals surface area contributed by atoms with Crippen LogP contribution in [0.2, 0.25) is 0 Å². The highest BCUT2D eigenvalue weighted by molar-refractivity contribution is 7.89. The third-order valence-electron chi connectivity index (χ3n) is 1.48. The number of pyridine rings is 1. The molecule has 1 aromatic heterocycles. The Bertz CT molecular complexity index is 398. The van der Waals surface area contributed by atoms with Crippen LogP contribution in [0.1, 0.15) is 11.4 Å². The highest BCUT2D eigenvalue weighted by Gasteiger charge is 2.11. The normalized spacial score (nSPS) is 11.6. The van der Waals surface area contributed by atoms with Crippen molar-refractivity contribution in [2.45, 2.75) is 18.7 Å². The van der Waals surface area contributed by atoms with E-state index in [1.807, 2.05) is 0 Å². The summed E-state index contributed by atoms with van der Waals surface area (Å²) in [7, 11) is -3.61. The lowest BCUT2D eigenvalue weighted by atomic mass is 10.3. The second kappa shape index (κ2) is 2.84. The highest BCUT2D eigenvalue weighted by atomic mass is 32.2. The van der Waals surface area contributed by atoms with Crippen molar-refractivity contribution in [1.29, 1.82) is 0 Å². The molecule has 5 heteroatoms. The molecule has 0 unspecified atom stereocenters. The largest absolute Gasteiger partial charge is 0.257 e. The van der Waals surface area contributed by atoms with Gasteiger partial charge in [-0.15, -0.1) is 0 Å². The molecule has 0 spiro atoms. The summed E-state index contributed by atoms with van der Waals surface area (Å²) < 4.78 is 21.8. The van der Waals surface area contributed by atoms with Crippen LogP contribution in [0.3, 0.4) is 0 Å². The molecule has 1 heterocycles. The fourth-order valence-corrected chi connectivity index (χ4v) is 1.69. The van der Waals surface area contributed by atoms with Gasteiger partial charge >= 0.3 is 0 Å². The Kier molecular flexibility index (Phi) is 2.16. The van der Waals surface area contributed by atoms with Crippen molar-refractivity contribution in [2.75, 3.05) is 0 Å². The van der Waals surface area contributed by atoms with Gasteiger partial charge in [-0.3, -0.25) is 4.98 Å². The molecule has 1 rings (SSSR count). The molecular weight excluding hydrogens is 176 g/mol. The van der Waals surface area contributed by atoms with Gasteiger partial charge in [0.05, 0.1) is 5.69 Å². The van der Waals surface area contributed by atoms with Gasteiger partial charge in [-0.05, 0) is 26.0 Å². The maximum absolute atomic E-state index is 10.9. The van der Waals surface area contributed by atoms with Crippen molar-refractivity contribution in [1.82, 2.24) is 4.98 Å². The molecule has 12 heavy (non-hydrogen) atoms. The van der Waals surface area contributed by atoms with Crippen molar-refractivity contribution in [2.24, 2.45) is 5.14 Å². The lowest BCUT2D eigenvalue weighted by Gasteiger charge is -2.01. The van der Waals surface area contributed by atoms with Crippen molar-refractivity contribution < 1.29 is 8.42 Å². The molecule has 0 fully saturated rings. The van der Waals surface area contributed by atoms with Gasteiger partial charge in [-0.1, -0.05) is 0 Å². The topological polar surface area (TPSA) is 73.1 Å². The van der Waals surface area contributed by atoms with Gasteiger partial charge in [0.25, 0.3) is 0 Å². The van der Waals surface area contributed by atoms with E-state index < -0.39 is 10.0 Å². The van der Waals surface area contributed by atoms with Crippen molar-refractivity contribution in [3.8, 4) is 0 Å². The van der Waals surface area contributed by atoms with Gasteiger partial charge in [0.1, 0.15) is 4.90 Å². The molecule has 0 atom stereocenters. The van der Waals surface area contributed by atoms with Crippen LogP contribution in [0, 0.1) is 13.8 Å². The maximum Gasteiger partial charge on any atom is 0.239 e. The number of aromatic nitrogens is 1. The maximum atomic E-state index is 10.9. The predicted octanol–water partition coefficient (Wildman–Crippen LogP) is 0.346. The molecule has 0 saturated carbocycles. The van der Waals surface area contributed by atoms with E-state index in [1.165, 1.54) is 6.07 Å². The Morgan fingerprint density at radius 2 is 1.92 bits per heavy atom. The molecule has 2 N–H and O–H groups in total. The first kappa shape index (κ1) is 9.15. The van der Waals surface area contributed by atoms with Crippen LogP contribution in [-0.4, -0.2) is 13.4 Å². The number of nitrogens with zero attached hydrogens (tertiary/aromatic N) is 1. The fourth-order valence-electron chi connectivity index (χ4n) is 0.975. The first-order chi connectivity index (χ1) is 5.41. The van der Waals surface area contributed by atoms with E-state index in [0.29, 0.717) is 5.69 Å². The number of primary sulfonamides is 1. The third-order valence-corrected chi connectivity index (χ3v) is 2.53. The van der Waals surface area contributed by atoms with Crippen LogP contribution in [0.4, 0.5) is 0 Å². The number of hydrogen-bond acceptors (Lipinski definition) is 3. The van der Waals surface area contributed by atoms with Crippen molar-refractivity contribution in [3.05, 3.63) is 23.5 Å². The summed E-state index contributed by atoms with van der Waals surface area (Å²) in [6, 6.07) is 3.08. The summed E-state index contributed by atoms with van der Waals surface area (Å²) in [4.78, 5) is 4.07. The zero-order valence-electron chi connectivity index (χ0n) is 6.90. The van der Waals surface area contributed by atoms with E-state index in [1.54, 1.807) is 19.9 Å². The van der Waals surface area contributed by atoms with Gasteiger partial charge in [0, 0.05) is 5.69 Å². The summed E-state index contributed by atoms with van der Waals surface area (Å²) >= 11 is 0. The monoisotopic (exact) mass is 186 g/mol. The summed E-state index contributed by atoms with van der Waals surface area (Å²) in [5.41, 5.74) is 1.22. The Hall–Kier alpha value is -0.940. The molecule has 1 aromatic rings. The molecule has 0 aromatic carbocycles. The minimum Gasteiger partial charge on any atom is -0.257 e. The van der Waals surface area contributed by atoms with Crippen LogP contribution in [-0.2, 0) is 10.0 Å². The van der Waals surface area contributed by atoms with Gasteiger partial charge in [0.15, 0.2) is 0 Å². The molecule has 0 saturated heterocycles. The van der Waals surface area contributed by atoms with E-state index >= 15 is 0 Å². The predicted molar refractivity (Wildman–Crippen MR) is 45.1 cm³/mol. The number of nitrogens with two attached hydrogens (primary N) is 1. The van der Waals surface area contributed by atoms with Crippen LogP contribution < -0.4 is 5.14 Å². The number of aryl methyl sites for hydroxylation is 2. The first-order valence-electron chi connectivity index (χ1n) is 3.38. The van der Waals surface area contributed by atoms with Gasteiger partial charge in [0.2, 0.25) is 10.0 Å². The minimum absolute atomic E-state index is 0.0908. The molecule has 0 aliphatic carbocycles. The van der Waals surface area contributed by atoms with Crippen molar-refractivity contribution in [3.63, 3.8) is 0 Å². The van der Waals surface area contributed by atoms with E-state index in [0.717, 1.165) is 5.69 Å². The van der Waals surface area contributed by atoms with Crippen LogP contribution in [0.5, 0.6) is 0 Å². The average Bonchev–Trinajstić information content (AvgIpc) is 1.83. The lowest BCUT2D eigenvalue weighted by molar-refractivity contribution is 0.596. The zero-order valence-corrected chi connectivity index (χ0v) is 7.72. The smallest absolute Gasteiger partial charge is 0.239 e. The van der Waals surface area contributed by atoms with Crippen LogP contribution in [0.25, 0.3) is 0 Å². The average molecular weight is 186 g/mol. The highest BCUT2D eigenvalue weighted by Crippen LogP contribution is 2.10. The van der Waals surface area contributed by atoms with E-state index in [4.69, 9.17) is 5.14 Å². The third kappa shape index (κ3) is 1.80. The molecule has 0 aliphatic heterocycles. The Morgan fingerprint density at radius 1 is 1.33 bits per heavy atom. The quantitative estimate of drug-likeness (QED) is 0.687. The summed E-state index contributed by atoms with van der Waals surface area (Å²) in [6.07, 6.45) is 0. The van der Waals surface area contributed by atoms with E-state index in [-0.39, 0.29) is 4.90 Å². The minimum atomic E-state index is -3.61. The van der Waals surface area contributed by atoms with Gasteiger partial charge < -0.3 is 0 Å². The van der Waals surface area contributed by atoms with Crippen LogP contribution in [0.15, 0.2) is 17.0 Å². The standard InChI is InChI=1S/C7H10N2O2S/c1-5-3-4-7(6(2)9-5)12(8,10)11/h3-4H,1-2H3,(H2,8,10,11). The van der Waals surface area contributed by atoms with Crippen molar-refractivity contribution >= 4 is 10.0 Å². The van der Waals surface area contributed by atoms with Crippen LogP contribution >= 0.6 is 0 Å². The lowest BCUT2D eigenvalue weighted by Crippen LogP contribution is -2.14. The van der Waals surface area contributed by atoms with Gasteiger partial charge in [-0.2, -0.15) is 0 Å². The molecule has 0 bridgehead atoms. The molecule has 0 aliphatic rings. The summed E-state index contributed by atoms with van der Waals surface area (Å²) in [5.74, 6) is 0. The second-order valence-electron chi connectivity index (χ2n) is 2.58. The number of sulfonamides is 1. The second-order valence-corrected chi connectivity index (χ2v) is 4.11. The Morgan fingerprint density at radius 3 is 2.33 bits per heavy atom. The Balaban J connectivity index is 3.39. The first-order valence-corrected chi connectivity index (χ1v) is 4.93.